The van der Waals surface area contributed by atoms with E-state index >= 15 is 0 Å². The Morgan fingerprint density at radius 1 is 0.909 bits per heavy atom. The summed E-state index contributed by atoms with van der Waals surface area (Å²) in [6.45, 7) is -0.107. The van der Waals surface area contributed by atoms with E-state index in [1.54, 1.807) is 12.1 Å². The van der Waals surface area contributed by atoms with Crippen molar-refractivity contribution in [2.24, 2.45) is 0 Å². The quantitative estimate of drug-likeness (QED) is 0.184. The molecule has 5 heterocycles. The van der Waals surface area contributed by atoms with Crippen molar-refractivity contribution in [3.05, 3.63) is 89.2 Å². The molecule has 2 saturated heterocycles. The minimum atomic E-state index is -4.86. The minimum Gasteiger partial charge on any atom is -0.360 e. The molecule has 0 saturated carbocycles. The van der Waals surface area contributed by atoms with Gasteiger partial charge in [0, 0.05) is 44.4 Å². The van der Waals surface area contributed by atoms with Gasteiger partial charge in [-0.15, -0.1) is 0 Å². The van der Waals surface area contributed by atoms with Gasteiger partial charge in [0.05, 0.1) is 46.0 Å². The van der Waals surface area contributed by atoms with Gasteiger partial charge < -0.3 is 20.4 Å². The first-order valence-electron chi connectivity index (χ1n) is 16.9. The number of benzene rings is 2. The number of aromatic nitrogens is 3. The third-order valence-corrected chi connectivity index (χ3v) is 9.35. The zero-order valence-electron chi connectivity index (χ0n) is 28.6. The van der Waals surface area contributed by atoms with Crippen molar-refractivity contribution in [1.82, 2.24) is 30.3 Å². The van der Waals surface area contributed by atoms with Crippen LogP contribution >= 0.6 is 0 Å². The molecular weight excluding hydrogens is 727 g/mol. The number of alkyl halides is 3. The van der Waals surface area contributed by atoms with Crippen LogP contribution in [0.25, 0.3) is 11.4 Å². The average molecular weight is 758 g/mol. The van der Waals surface area contributed by atoms with Gasteiger partial charge in [-0.25, -0.2) is 4.98 Å². The summed E-state index contributed by atoms with van der Waals surface area (Å²) < 4.78 is 42.7. The third kappa shape index (κ3) is 7.35. The standard InChI is InChI=1S/C36H30F3N9O7/c37-36(38,39)21-17-19(7-8-22(21)43-32(52)26-6-2-4-23(41-26)24-11-13-40-45-24)47-16-15-46(30(51)18-47)14-12-29(50)42-25-5-1-3-20-31(25)35(55)48(34(20)54)27-9-10-28(49)44-33(27)53/h1-8,11,13,17,27H,9-10,12,14-16,18H2,(H,40,45)(H,42,50)(H,43,52)(H,44,49,53). The number of pyridine rings is 1. The maximum Gasteiger partial charge on any atom is 0.418 e. The fourth-order valence-electron chi connectivity index (χ4n) is 6.60. The minimum absolute atomic E-state index is 0.0176. The summed E-state index contributed by atoms with van der Waals surface area (Å²) in [5, 5.41) is 13.5. The van der Waals surface area contributed by atoms with Gasteiger partial charge in [-0.05, 0) is 55.0 Å². The molecule has 19 heteroatoms. The number of halogens is 3. The van der Waals surface area contributed by atoms with E-state index in [-0.39, 0.29) is 73.6 Å². The highest BCUT2D eigenvalue weighted by Crippen LogP contribution is 2.38. The fraction of sp³-hybridized carbons (Fsp3) is 0.250. The van der Waals surface area contributed by atoms with Gasteiger partial charge in [0.25, 0.3) is 17.7 Å². The Labute approximate surface area is 309 Å². The number of anilines is 3. The molecule has 55 heavy (non-hydrogen) atoms. The van der Waals surface area contributed by atoms with E-state index in [1.807, 2.05) is 0 Å². The summed E-state index contributed by atoms with van der Waals surface area (Å²) in [7, 11) is 0. The number of aromatic amines is 1. The number of nitrogens with one attached hydrogen (secondary N) is 4. The molecule has 0 bridgehead atoms. The summed E-state index contributed by atoms with van der Waals surface area (Å²) in [6, 6.07) is 12.5. The highest BCUT2D eigenvalue weighted by atomic mass is 19.4. The molecule has 1 atom stereocenters. The van der Waals surface area contributed by atoms with E-state index in [1.165, 1.54) is 52.4 Å². The van der Waals surface area contributed by atoms with Crippen molar-refractivity contribution in [2.45, 2.75) is 31.5 Å². The van der Waals surface area contributed by atoms with Crippen molar-refractivity contribution in [3.63, 3.8) is 0 Å². The van der Waals surface area contributed by atoms with E-state index in [4.69, 9.17) is 0 Å². The predicted octanol–water partition coefficient (Wildman–Crippen LogP) is 2.82. The topological polar surface area (TPSA) is 207 Å². The highest BCUT2D eigenvalue weighted by molar-refractivity contribution is 6.26. The Bertz CT molecular complexity index is 2260. The molecule has 4 N–H and O–H groups in total. The third-order valence-electron chi connectivity index (χ3n) is 9.35. The second-order valence-electron chi connectivity index (χ2n) is 12.8. The molecule has 2 aromatic carbocycles. The number of imide groups is 2. The van der Waals surface area contributed by atoms with Crippen molar-refractivity contribution in [2.75, 3.05) is 41.7 Å². The van der Waals surface area contributed by atoms with Crippen LogP contribution in [0.2, 0.25) is 0 Å². The molecule has 0 spiro atoms. The van der Waals surface area contributed by atoms with Gasteiger partial charge >= 0.3 is 6.18 Å². The monoisotopic (exact) mass is 757 g/mol. The Hall–Kier alpha value is -6.92. The summed E-state index contributed by atoms with van der Waals surface area (Å²) in [6.07, 6.45) is -3.66. The number of piperazine rings is 1. The van der Waals surface area contributed by atoms with Gasteiger partial charge in [0.1, 0.15) is 11.7 Å². The molecule has 1 unspecified atom stereocenters. The number of amides is 7. The van der Waals surface area contributed by atoms with Crippen LogP contribution < -0.4 is 20.9 Å². The van der Waals surface area contributed by atoms with Crippen molar-refractivity contribution < 1.29 is 46.7 Å². The molecule has 7 amide bonds. The zero-order chi connectivity index (χ0) is 39.0. The molecule has 7 rings (SSSR count). The normalized spacial score (nSPS) is 17.3. The van der Waals surface area contributed by atoms with Crippen LogP contribution in [0.3, 0.4) is 0 Å². The molecule has 3 aliphatic heterocycles. The second kappa shape index (κ2) is 14.5. The first kappa shape index (κ1) is 36.4. The number of hydrogen-bond acceptors (Lipinski definition) is 10. The summed E-state index contributed by atoms with van der Waals surface area (Å²) >= 11 is 0. The number of H-pyrrole nitrogens is 1. The largest absolute Gasteiger partial charge is 0.418 e. The molecule has 2 fully saturated rings. The van der Waals surface area contributed by atoms with E-state index in [9.17, 15) is 46.7 Å². The van der Waals surface area contributed by atoms with Crippen LogP contribution in [-0.2, 0) is 25.4 Å². The van der Waals surface area contributed by atoms with E-state index in [2.05, 4.69) is 31.1 Å². The van der Waals surface area contributed by atoms with Crippen molar-refractivity contribution in [3.8, 4) is 11.4 Å². The van der Waals surface area contributed by atoms with E-state index in [0.29, 0.717) is 11.4 Å². The number of hydrogen-bond donors (Lipinski definition) is 4. The Balaban J connectivity index is 0.966. The lowest BCUT2D eigenvalue weighted by Crippen LogP contribution is -2.54. The van der Waals surface area contributed by atoms with Crippen LogP contribution in [0.15, 0.2) is 66.9 Å². The number of fused-ring (bicyclic) bond motifs is 1. The maximum atomic E-state index is 14.2. The van der Waals surface area contributed by atoms with Crippen LogP contribution in [0.4, 0.5) is 30.2 Å². The van der Waals surface area contributed by atoms with Gasteiger partial charge in [0.2, 0.25) is 23.6 Å². The first-order valence-corrected chi connectivity index (χ1v) is 16.9. The lowest BCUT2D eigenvalue weighted by molar-refractivity contribution is -0.137. The lowest BCUT2D eigenvalue weighted by atomic mass is 10.0. The lowest BCUT2D eigenvalue weighted by Gasteiger charge is -2.36. The Kier molecular flexibility index (Phi) is 9.60. The van der Waals surface area contributed by atoms with Crippen LogP contribution in [0, 0.1) is 0 Å². The molecule has 0 radical (unpaired) electrons. The smallest absolute Gasteiger partial charge is 0.360 e. The van der Waals surface area contributed by atoms with Crippen molar-refractivity contribution in [1.29, 1.82) is 0 Å². The fourth-order valence-corrected chi connectivity index (χ4v) is 6.60. The molecule has 4 aromatic rings. The molecule has 0 aliphatic carbocycles. The average Bonchev–Trinajstić information content (AvgIpc) is 3.78. The Morgan fingerprint density at radius 2 is 1.71 bits per heavy atom. The number of piperidine rings is 1. The predicted molar refractivity (Wildman–Crippen MR) is 186 cm³/mol. The summed E-state index contributed by atoms with van der Waals surface area (Å²) in [4.78, 5) is 97.3. The number of carbonyl (C=O) groups excluding carboxylic acids is 7. The Morgan fingerprint density at radius 3 is 2.44 bits per heavy atom. The number of carbonyl (C=O) groups is 7. The van der Waals surface area contributed by atoms with Gasteiger partial charge in [-0.1, -0.05) is 12.1 Å². The molecule has 2 aromatic heterocycles. The van der Waals surface area contributed by atoms with Crippen molar-refractivity contribution >= 4 is 58.4 Å². The van der Waals surface area contributed by atoms with Gasteiger partial charge in [-0.2, -0.15) is 18.3 Å². The van der Waals surface area contributed by atoms with Gasteiger partial charge in [-0.3, -0.25) is 48.9 Å². The first-order chi connectivity index (χ1) is 26.3. The molecule has 16 nitrogen and oxygen atoms in total. The van der Waals surface area contributed by atoms with Crippen LogP contribution in [0.1, 0.15) is 56.0 Å². The second-order valence-corrected chi connectivity index (χ2v) is 12.8. The SMILES string of the molecule is O=C1CCC(N2C(=O)c3cccc(NC(=O)CCN4CCN(c5ccc(NC(=O)c6cccc(-c7ccn[nH]7)n6)c(C(F)(F)F)c5)CC4=O)c3C2=O)C(=O)N1. The van der Waals surface area contributed by atoms with Crippen LogP contribution in [-0.4, -0.2) is 98.6 Å². The van der Waals surface area contributed by atoms with Crippen LogP contribution in [0.5, 0.6) is 0 Å². The van der Waals surface area contributed by atoms with E-state index < -0.39 is 64.8 Å². The number of nitrogens with zero attached hydrogens (tertiary/aromatic N) is 5. The van der Waals surface area contributed by atoms with Gasteiger partial charge in [0.15, 0.2) is 0 Å². The van der Waals surface area contributed by atoms with E-state index in [0.717, 1.165) is 17.0 Å². The highest BCUT2D eigenvalue weighted by Gasteiger charge is 2.46. The molecular formula is C36H30F3N9O7. The zero-order valence-corrected chi connectivity index (χ0v) is 28.6. The number of rotatable bonds is 9. The summed E-state index contributed by atoms with van der Waals surface area (Å²) in [5.74, 6) is -4.72. The maximum absolute atomic E-state index is 14.2. The summed E-state index contributed by atoms with van der Waals surface area (Å²) in [5.41, 5.74) is -0.842. The molecule has 3 aliphatic rings. The molecule has 282 valence electrons.